The zero-order valence-corrected chi connectivity index (χ0v) is 16.8. The second-order valence-corrected chi connectivity index (χ2v) is 7.22. The summed E-state index contributed by atoms with van der Waals surface area (Å²) < 4.78 is 6.49. The third-order valence-electron chi connectivity index (χ3n) is 5.32. The molecule has 1 N–H and O–H groups in total. The van der Waals surface area contributed by atoms with Crippen LogP contribution in [0.1, 0.15) is 22.8 Å². The van der Waals surface area contributed by atoms with Crippen LogP contribution in [0, 0.1) is 0 Å². The van der Waals surface area contributed by atoms with Crippen molar-refractivity contribution in [1.82, 2.24) is 14.5 Å². The number of nitrogens with zero attached hydrogens (tertiary/aromatic N) is 3. The van der Waals surface area contributed by atoms with Gasteiger partial charge in [0.1, 0.15) is 6.04 Å². The first-order valence-electron chi connectivity index (χ1n) is 9.67. The molecule has 1 aliphatic heterocycles. The van der Waals surface area contributed by atoms with E-state index in [4.69, 9.17) is 4.74 Å². The summed E-state index contributed by atoms with van der Waals surface area (Å²) in [6.07, 6.45) is 1.49. The van der Waals surface area contributed by atoms with Crippen LogP contribution in [0.5, 0.6) is 0 Å². The molecule has 0 unspecified atom stereocenters. The first-order valence-corrected chi connectivity index (χ1v) is 9.67. The summed E-state index contributed by atoms with van der Waals surface area (Å²) in [5.74, 6) is -0.476. The number of rotatable bonds is 6. The fraction of sp³-hybridized carbons (Fsp3) is 0.273. The van der Waals surface area contributed by atoms with E-state index in [9.17, 15) is 14.4 Å². The maximum absolute atomic E-state index is 12.8. The minimum Gasteiger partial charge on any atom is -0.383 e. The van der Waals surface area contributed by atoms with Crippen molar-refractivity contribution in [2.75, 3.05) is 19.0 Å². The quantitative estimate of drug-likeness (QED) is 0.676. The van der Waals surface area contributed by atoms with Crippen molar-refractivity contribution in [3.8, 4) is 0 Å². The zero-order valence-electron chi connectivity index (χ0n) is 16.8. The van der Waals surface area contributed by atoms with Gasteiger partial charge in [0.05, 0.1) is 30.4 Å². The number of anilines is 1. The Morgan fingerprint density at radius 1 is 1.23 bits per heavy atom. The summed E-state index contributed by atoms with van der Waals surface area (Å²) in [5.41, 5.74) is 2.37. The van der Waals surface area contributed by atoms with Crippen molar-refractivity contribution in [1.29, 1.82) is 0 Å². The lowest BCUT2D eigenvalue weighted by Gasteiger charge is -2.23. The zero-order chi connectivity index (χ0) is 21.3. The SMILES string of the molecule is COCCn1cnc2ccc(NC(=O)[C@H](C)N3Cc4ccccc4C3=O)cc2c1=O. The number of methoxy groups -OCH3 is 1. The topological polar surface area (TPSA) is 93.5 Å². The van der Waals surface area contributed by atoms with E-state index in [1.807, 2.05) is 18.2 Å². The highest BCUT2D eigenvalue weighted by atomic mass is 16.5. The monoisotopic (exact) mass is 406 g/mol. The molecule has 2 amide bonds. The van der Waals surface area contributed by atoms with Gasteiger partial charge >= 0.3 is 0 Å². The largest absolute Gasteiger partial charge is 0.383 e. The number of aromatic nitrogens is 2. The smallest absolute Gasteiger partial charge is 0.261 e. The average molecular weight is 406 g/mol. The second kappa shape index (κ2) is 8.08. The van der Waals surface area contributed by atoms with Gasteiger partial charge in [0.25, 0.3) is 11.5 Å². The van der Waals surface area contributed by atoms with E-state index < -0.39 is 6.04 Å². The molecule has 2 heterocycles. The van der Waals surface area contributed by atoms with Gasteiger partial charge in [-0.15, -0.1) is 0 Å². The summed E-state index contributed by atoms with van der Waals surface area (Å²) in [7, 11) is 1.57. The van der Waals surface area contributed by atoms with Gasteiger partial charge in [-0.05, 0) is 36.8 Å². The third kappa shape index (κ3) is 3.57. The molecule has 8 nitrogen and oxygen atoms in total. The molecule has 0 saturated carbocycles. The first kappa shape index (κ1) is 19.8. The summed E-state index contributed by atoms with van der Waals surface area (Å²) in [4.78, 5) is 43.9. The molecule has 0 aliphatic carbocycles. The highest BCUT2D eigenvalue weighted by Gasteiger charge is 2.33. The molecular weight excluding hydrogens is 384 g/mol. The normalized spacial score (nSPS) is 14.1. The van der Waals surface area contributed by atoms with Crippen LogP contribution in [0.4, 0.5) is 5.69 Å². The van der Waals surface area contributed by atoms with Crippen molar-refractivity contribution in [3.05, 3.63) is 70.3 Å². The molecule has 0 bridgehead atoms. The van der Waals surface area contributed by atoms with Crippen LogP contribution >= 0.6 is 0 Å². The Morgan fingerprint density at radius 3 is 2.80 bits per heavy atom. The predicted molar refractivity (Wildman–Crippen MR) is 112 cm³/mol. The number of carbonyl (C=O) groups is 2. The number of ether oxygens (including phenoxy) is 1. The van der Waals surface area contributed by atoms with Gasteiger partial charge in [-0.2, -0.15) is 0 Å². The van der Waals surface area contributed by atoms with Gasteiger partial charge in [-0.3, -0.25) is 19.0 Å². The van der Waals surface area contributed by atoms with Crippen molar-refractivity contribution in [2.24, 2.45) is 0 Å². The van der Waals surface area contributed by atoms with Crippen LogP contribution < -0.4 is 10.9 Å². The van der Waals surface area contributed by atoms with Crippen molar-refractivity contribution >= 4 is 28.4 Å². The van der Waals surface area contributed by atoms with E-state index >= 15 is 0 Å². The van der Waals surface area contributed by atoms with E-state index in [1.165, 1.54) is 10.9 Å². The van der Waals surface area contributed by atoms with E-state index in [-0.39, 0.29) is 17.4 Å². The summed E-state index contributed by atoms with van der Waals surface area (Å²) in [6.45, 7) is 2.88. The standard InChI is InChI=1S/C22H22N4O4/c1-14(26-12-15-5-3-4-6-17(15)22(26)29)20(27)24-16-7-8-19-18(11-16)21(28)25(13-23-19)9-10-30-2/h3-8,11,13-14H,9-10,12H2,1-2H3,(H,24,27)/t14-/m0/s1. The molecule has 4 rings (SSSR count). The molecule has 154 valence electrons. The lowest BCUT2D eigenvalue weighted by molar-refractivity contribution is -0.120. The van der Waals surface area contributed by atoms with Crippen LogP contribution in [-0.4, -0.2) is 46.0 Å². The number of hydrogen-bond acceptors (Lipinski definition) is 5. The third-order valence-corrected chi connectivity index (χ3v) is 5.32. The van der Waals surface area contributed by atoms with Gasteiger partial charge in [0, 0.05) is 24.9 Å². The molecular formula is C22H22N4O4. The van der Waals surface area contributed by atoms with Crippen LogP contribution in [0.15, 0.2) is 53.6 Å². The molecule has 0 spiro atoms. The molecule has 3 aromatic rings. The predicted octanol–water partition coefficient (Wildman–Crippen LogP) is 2.03. The highest BCUT2D eigenvalue weighted by Crippen LogP contribution is 2.25. The Bertz CT molecular complexity index is 1190. The molecule has 8 heteroatoms. The lowest BCUT2D eigenvalue weighted by atomic mass is 10.1. The van der Waals surface area contributed by atoms with Crippen LogP contribution in [0.25, 0.3) is 10.9 Å². The maximum Gasteiger partial charge on any atom is 0.261 e. The minimum atomic E-state index is -0.659. The number of fused-ring (bicyclic) bond motifs is 2. The summed E-state index contributed by atoms with van der Waals surface area (Å²) in [6, 6.07) is 11.7. The summed E-state index contributed by atoms with van der Waals surface area (Å²) >= 11 is 0. The Kier molecular flexibility index (Phi) is 5.33. The van der Waals surface area contributed by atoms with Crippen molar-refractivity contribution in [3.63, 3.8) is 0 Å². The van der Waals surface area contributed by atoms with Crippen LogP contribution in [0.3, 0.4) is 0 Å². The van der Waals surface area contributed by atoms with E-state index in [2.05, 4.69) is 10.3 Å². The fourth-order valence-electron chi connectivity index (χ4n) is 3.56. The lowest BCUT2D eigenvalue weighted by Crippen LogP contribution is -2.42. The number of amides is 2. The Labute approximate surface area is 173 Å². The molecule has 2 aromatic carbocycles. The fourth-order valence-corrected chi connectivity index (χ4v) is 3.56. The van der Waals surface area contributed by atoms with Gasteiger partial charge in [0.2, 0.25) is 5.91 Å². The first-order chi connectivity index (χ1) is 14.5. The van der Waals surface area contributed by atoms with Crippen LogP contribution in [0.2, 0.25) is 0 Å². The maximum atomic E-state index is 12.8. The van der Waals surface area contributed by atoms with Gasteiger partial charge in [0.15, 0.2) is 0 Å². The number of benzene rings is 2. The van der Waals surface area contributed by atoms with E-state index in [1.54, 1.807) is 43.2 Å². The molecule has 1 atom stereocenters. The van der Waals surface area contributed by atoms with Crippen molar-refractivity contribution < 1.29 is 14.3 Å². The molecule has 30 heavy (non-hydrogen) atoms. The van der Waals surface area contributed by atoms with Crippen LogP contribution in [-0.2, 0) is 22.6 Å². The average Bonchev–Trinajstić information content (AvgIpc) is 3.10. The molecule has 1 aromatic heterocycles. The number of nitrogens with one attached hydrogen (secondary N) is 1. The van der Waals surface area contributed by atoms with Gasteiger partial charge in [-0.25, -0.2) is 4.98 Å². The van der Waals surface area contributed by atoms with Gasteiger partial charge < -0.3 is 15.0 Å². The Balaban J connectivity index is 1.53. The van der Waals surface area contributed by atoms with E-state index in [0.29, 0.717) is 41.9 Å². The molecule has 0 radical (unpaired) electrons. The molecule has 0 fully saturated rings. The molecule has 1 aliphatic rings. The highest BCUT2D eigenvalue weighted by molar-refractivity contribution is 6.03. The van der Waals surface area contributed by atoms with Gasteiger partial charge in [-0.1, -0.05) is 18.2 Å². The van der Waals surface area contributed by atoms with Crippen molar-refractivity contribution in [2.45, 2.75) is 26.1 Å². The Hall–Kier alpha value is -3.52. The Morgan fingerprint density at radius 2 is 2.03 bits per heavy atom. The number of hydrogen-bond donors (Lipinski definition) is 1. The number of carbonyl (C=O) groups excluding carboxylic acids is 2. The minimum absolute atomic E-state index is 0.156. The molecule has 0 saturated heterocycles. The summed E-state index contributed by atoms with van der Waals surface area (Å²) in [5, 5.41) is 3.22. The van der Waals surface area contributed by atoms with E-state index in [0.717, 1.165) is 5.56 Å². The second-order valence-electron chi connectivity index (χ2n) is 7.22.